The summed E-state index contributed by atoms with van der Waals surface area (Å²) < 4.78 is 13.0. The molecular formula is C26H45IO2. The quantitative estimate of drug-likeness (QED) is 0.127. The summed E-state index contributed by atoms with van der Waals surface area (Å²) in [6.45, 7) is 6.19. The third kappa shape index (κ3) is 15.1. The molecular weight excluding hydrogens is 471 g/mol. The summed E-state index contributed by atoms with van der Waals surface area (Å²) in [6.07, 6.45) is 21.3. The lowest BCUT2D eigenvalue weighted by Gasteiger charge is -2.11. The van der Waals surface area contributed by atoms with Crippen molar-refractivity contribution in [2.45, 2.75) is 117 Å². The molecule has 0 aliphatic heterocycles. The zero-order valence-corrected chi connectivity index (χ0v) is 21.3. The summed E-state index contributed by atoms with van der Waals surface area (Å²) in [4.78, 5) is 0. The SMILES string of the molecule is CCCCCCCCCCOc1ccc(OCCCCCCCCCC)c(I)c1. The van der Waals surface area contributed by atoms with E-state index >= 15 is 0 Å². The lowest BCUT2D eigenvalue weighted by Crippen LogP contribution is -2.01. The fourth-order valence-electron chi connectivity index (χ4n) is 3.53. The lowest BCUT2D eigenvalue weighted by molar-refractivity contribution is 0.294. The van der Waals surface area contributed by atoms with E-state index in [1.54, 1.807) is 0 Å². The summed E-state index contributed by atoms with van der Waals surface area (Å²) in [5, 5.41) is 0. The third-order valence-corrected chi connectivity index (χ3v) is 6.27. The molecule has 0 aliphatic rings. The zero-order chi connectivity index (χ0) is 21.0. The molecule has 0 spiro atoms. The molecule has 1 aromatic carbocycles. The minimum Gasteiger partial charge on any atom is -0.494 e. The molecule has 0 atom stereocenters. The van der Waals surface area contributed by atoms with Crippen LogP contribution in [0.15, 0.2) is 18.2 Å². The molecule has 2 nitrogen and oxygen atoms in total. The van der Waals surface area contributed by atoms with Gasteiger partial charge in [0.25, 0.3) is 0 Å². The van der Waals surface area contributed by atoms with Crippen molar-refractivity contribution in [3.05, 3.63) is 21.8 Å². The molecule has 0 amide bonds. The number of benzene rings is 1. The van der Waals surface area contributed by atoms with Crippen LogP contribution in [0.3, 0.4) is 0 Å². The van der Waals surface area contributed by atoms with E-state index in [-0.39, 0.29) is 0 Å². The maximum Gasteiger partial charge on any atom is 0.132 e. The first-order chi connectivity index (χ1) is 14.3. The van der Waals surface area contributed by atoms with E-state index in [4.69, 9.17) is 9.47 Å². The zero-order valence-electron chi connectivity index (χ0n) is 19.2. The highest BCUT2D eigenvalue weighted by Gasteiger charge is 2.04. The van der Waals surface area contributed by atoms with Crippen molar-refractivity contribution in [1.29, 1.82) is 0 Å². The maximum atomic E-state index is 5.97. The van der Waals surface area contributed by atoms with Gasteiger partial charge in [-0.25, -0.2) is 0 Å². The number of halogens is 1. The van der Waals surface area contributed by atoms with Crippen LogP contribution in [0.5, 0.6) is 11.5 Å². The summed E-state index contributed by atoms with van der Waals surface area (Å²) >= 11 is 2.36. The van der Waals surface area contributed by atoms with Crippen molar-refractivity contribution in [1.82, 2.24) is 0 Å². The molecule has 0 fully saturated rings. The second kappa shape index (κ2) is 19.5. The van der Waals surface area contributed by atoms with Crippen LogP contribution in [0, 0.1) is 3.57 Å². The van der Waals surface area contributed by atoms with E-state index in [9.17, 15) is 0 Å². The maximum absolute atomic E-state index is 5.97. The Kier molecular flexibility index (Phi) is 17.9. The molecule has 1 aromatic rings. The molecule has 1 rings (SSSR count). The van der Waals surface area contributed by atoms with Gasteiger partial charge in [0.1, 0.15) is 11.5 Å². The molecule has 0 heterocycles. The average molecular weight is 517 g/mol. The van der Waals surface area contributed by atoms with Gasteiger partial charge in [-0.3, -0.25) is 0 Å². The Morgan fingerprint density at radius 3 is 1.52 bits per heavy atom. The number of hydrogen-bond donors (Lipinski definition) is 0. The van der Waals surface area contributed by atoms with Crippen LogP contribution in [0.2, 0.25) is 0 Å². The van der Waals surface area contributed by atoms with Crippen LogP contribution >= 0.6 is 22.6 Å². The molecule has 0 saturated carbocycles. The van der Waals surface area contributed by atoms with Crippen LogP contribution < -0.4 is 9.47 Å². The highest BCUT2D eigenvalue weighted by atomic mass is 127. The monoisotopic (exact) mass is 516 g/mol. The minimum atomic E-state index is 0.823. The van der Waals surface area contributed by atoms with Gasteiger partial charge < -0.3 is 9.47 Å². The highest BCUT2D eigenvalue weighted by molar-refractivity contribution is 14.1. The second-order valence-corrected chi connectivity index (χ2v) is 9.40. The van der Waals surface area contributed by atoms with Gasteiger partial charge in [0.2, 0.25) is 0 Å². The van der Waals surface area contributed by atoms with Crippen molar-refractivity contribution < 1.29 is 9.47 Å². The highest BCUT2D eigenvalue weighted by Crippen LogP contribution is 2.26. The van der Waals surface area contributed by atoms with Crippen LogP contribution in [0.4, 0.5) is 0 Å². The summed E-state index contributed by atoms with van der Waals surface area (Å²) in [5.41, 5.74) is 0. The molecule has 0 bridgehead atoms. The molecule has 0 N–H and O–H groups in total. The van der Waals surface area contributed by atoms with Crippen LogP contribution in [-0.2, 0) is 0 Å². The third-order valence-electron chi connectivity index (χ3n) is 5.43. The topological polar surface area (TPSA) is 18.5 Å². The first-order valence-corrected chi connectivity index (χ1v) is 13.4. The van der Waals surface area contributed by atoms with E-state index in [0.717, 1.165) is 41.1 Å². The van der Waals surface area contributed by atoms with E-state index in [0.29, 0.717) is 0 Å². The minimum absolute atomic E-state index is 0.823. The molecule has 29 heavy (non-hydrogen) atoms. The molecule has 0 saturated heterocycles. The molecule has 0 unspecified atom stereocenters. The molecule has 0 aromatic heterocycles. The van der Waals surface area contributed by atoms with Gasteiger partial charge >= 0.3 is 0 Å². The summed E-state index contributed by atoms with van der Waals surface area (Å²) in [6, 6.07) is 6.22. The summed E-state index contributed by atoms with van der Waals surface area (Å²) in [5.74, 6) is 1.96. The van der Waals surface area contributed by atoms with Crippen molar-refractivity contribution in [2.24, 2.45) is 0 Å². The van der Waals surface area contributed by atoms with E-state index in [1.807, 2.05) is 0 Å². The lowest BCUT2D eigenvalue weighted by atomic mass is 10.1. The number of hydrogen-bond acceptors (Lipinski definition) is 2. The van der Waals surface area contributed by atoms with E-state index in [2.05, 4.69) is 54.6 Å². The van der Waals surface area contributed by atoms with E-state index in [1.165, 1.54) is 89.9 Å². The van der Waals surface area contributed by atoms with E-state index < -0.39 is 0 Å². The van der Waals surface area contributed by atoms with Crippen LogP contribution in [0.25, 0.3) is 0 Å². The van der Waals surface area contributed by atoms with Crippen molar-refractivity contribution in [2.75, 3.05) is 13.2 Å². The smallest absolute Gasteiger partial charge is 0.132 e. The molecule has 168 valence electrons. The fourth-order valence-corrected chi connectivity index (χ4v) is 4.17. The van der Waals surface area contributed by atoms with Crippen molar-refractivity contribution >= 4 is 22.6 Å². The van der Waals surface area contributed by atoms with Gasteiger partial charge in [0.15, 0.2) is 0 Å². The van der Waals surface area contributed by atoms with Gasteiger partial charge in [0.05, 0.1) is 16.8 Å². The van der Waals surface area contributed by atoms with Gasteiger partial charge in [0, 0.05) is 0 Å². The first kappa shape index (κ1) is 26.6. The van der Waals surface area contributed by atoms with Crippen LogP contribution in [0.1, 0.15) is 117 Å². The number of unbranched alkanes of at least 4 members (excludes halogenated alkanes) is 14. The Morgan fingerprint density at radius 1 is 0.586 bits per heavy atom. The normalized spacial score (nSPS) is 11.0. The Hall–Kier alpha value is -0.450. The largest absolute Gasteiger partial charge is 0.494 e. The van der Waals surface area contributed by atoms with Gasteiger partial charge in [-0.1, -0.05) is 104 Å². The van der Waals surface area contributed by atoms with Gasteiger partial charge in [-0.2, -0.15) is 0 Å². The average Bonchev–Trinajstić information content (AvgIpc) is 2.72. The van der Waals surface area contributed by atoms with Crippen LogP contribution in [-0.4, -0.2) is 13.2 Å². The predicted octanol–water partition coefficient (Wildman–Crippen LogP) is 9.33. The Balaban J connectivity index is 2.05. The number of rotatable bonds is 20. The second-order valence-electron chi connectivity index (χ2n) is 8.24. The van der Waals surface area contributed by atoms with Gasteiger partial charge in [-0.05, 0) is 53.6 Å². The predicted molar refractivity (Wildman–Crippen MR) is 135 cm³/mol. The fraction of sp³-hybridized carbons (Fsp3) is 0.769. The van der Waals surface area contributed by atoms with Gasteiger partial charge in [-0.15, -0.1) is 0 Å². The summed E-state index contributed by atoms with van der Waals surface area (Å²) in [7, 11) is 0. The van der Waals surface area contributed by atoms with Crippen molar-refractivity contribution in [3.63, 3.8) is 0 Å². The first-order valence-electron chi connectivity index (χ1n) is 12.3. The number of ether oxygens (including phenoxy) is 2. The Bertz CT molecular complexity index is 490. The Labute approximate surface area is 194 Å². The Morgan fingerprint density at radius 2 is 1.03 bits per heavy atom. The molecule has 0 aliphatic carbocycles. The molecule has 0 radical (unpaired) electrons. The molecule has 3 heteroatoms. The standard InChI is InChI=1S/C26H45IO2/c1-3-5-7-9-11-13-15-17-21-28-24-19-20-26(25(27)23-24)29-22-18-16-14-12-10-8-6-4-2/h19-20,23H,3-18,21-22H2,1-2H3. The van der Waals surface area contributed by atoms with Crippen molar-refractivity contribution in [3.8, 4) is 11.5 Å².